The first kappa shape index (κ1) is 17.1. The van der Waals surface area contributed by atoms with Crippen molar-refractivity contribution in [3.05, 3.63) is 59.2 Å². The molecule has 25 heavy (non-hydrogen) atoms. The molecule has 4 heteroatoms. The molecule has 0 amide bonds. The minimum Gasteiger partial charge on any atom is -0.493 e. The molecular weight excluding hydrogens is 316 g/mol. The van der Waals surface area contributed by atoms with Crippen LogP contribution in [0, 0.1) is 0 Å². The van der Waals surface area contributed by atoms with Crippen molar-refractivity contribution in [2.24, 2.45) is 0 Å². The number of methoxy groups -OCH3 is 1. The van der Waals surface area contributed by atoms with Crippen molar-refractivity contribution in [1.82, 2.24) is 0 Å². The number of fused-ring (bicyclic) bond motifs is 1. The first-order valence-corrected chi connectivity index (χ1v) is 8.51. The zero-order valence-corrected chi connectivity index (χ0v) is 14.6. The van der Waals surface area contributed by atoms with Crippen LogP contribution < -0.4 is 14.2 Å². The largest absolute Gasteiger partial charge is 0.493 e. The van der Waals surface area contributed by atoms with Gasteiger partial charge in [0.1, 0.15) is 12.4 Å². The highest BCUT2D eigenvalue weighted by Gasteiger charge is 2.22. The number of hydrogen-bond donors (Lipinski definition) is 0. The van der Waals surface area contributed by atoms with Crippen molar-refractivity contribution in [1.29, 1.82) is 0 Å². The molecule has 0 atom stereocenters. The van der Waals surface area contributed by atoms with Crippen molar-refractivity contribution >= 4 is 11.9 Å². The SMILES string of the molecule is CCCCOc1ccc(/C=C2\COc3ccccc3C2=O)cc1OC. The van der Waals surface area contributed by atoms with Gasteiger partial charge >= 0.3 is 0 Å². The molecule has 0 saturated heterocycles. The van der Waals surface area contributed by atoms with E-state index in [9.17, 15) is 4.79 Å². The van der Waals surface area contributed by atoms with E-state index < -0.39 is 0 Å². The molecule has 1 aliphatic rings. The fourth-order valence-electron chi connectivity index (χ4n) is 2.70. The zero-order chi connectivity index (χ0) is 17.6. The maximum absolute atomic E-state index is 12.6. The van der Waals surface area contributed by atoms with Gasteiger partial charge in [0, 0.05) is 5.57 Å². The fourth-order valence-corrected chi connectivity index (χ4v) is 2.70. The summed E-state index contributed by atoms with van der Waals surface area (Å²) < 4.78 is 16.8. The molecule has 0 spiro atoms. The number of carbonyl (C=O) groups is 1. The molecule has 2 aromatic rings. The predicted octanol–water partition coefficient (Wildman–Crippen LogP) is 4.53. The molecule has 3 rings (SSSR count). The van der Waals surface area contributed by atoms with Gasteiger partial charge in [0.25, 0.3) is 0 Å². The number of benzene rings is 2. The molecule has 1 aliphatic heterocycles. The number of hydrogen-bond acceptors (Lipinski definition) is 4. The van der Waals surface area contributed by atoms with Gasteiger partial charge in [0.2, 0.25) is 0 Å². The minimum absolute atomic E-state index is 0.00379. The van der Waals surface area contributed by atoms with Gasteiger partial charge in [-0.25, -0.2) is 0 Å². The average molecular weight is 338 g/mol. The van der Waals surface area contributed by atoms with E-state index in [1.165, 1.54) is 0 Å². The van der Waals surface area contributed by atoms with Crippen LogP contribution in [-0.2, 0) is 0 Å². The average Bonchev–Trinajstić information content (AvgIpc) is 2.65. The second kappa shape index (κ2) is 7.88. The monoisotopic (exact) mass is 338 g/mol. The smallest absolute Gasteiger partial charge is 0.196 e. The Morgan fingerprint density at radius 3 is 2.80 bits per heavy atom. The van der Waals surface area contributed by atoms with Gasteiger partial charge in [0.15, 0.2) is 17.3 Å². The topological polar surface area (TPSA) is 44.8 Å². The molecule has 130 valence electrons. The summed E-state index contributed by atoms with van der Waals surface area (Å²) in [5.41, 5.74) is 2.11. The van der Waals surface area contributed by atoms with Gasteiger partial charge < -0.3 is 14.2 Å². The molecule has 0 aromatic heterocycles. The number of para-hydroxylation sites is 1. The predicted molar refractivity (Wildman–Crippen MR) is 97.6 cm³/mol. The van der Waals surface area contributed by atoms with E-state index in [4.69, 9.17) is 14.2 Å². The van der Waals surface area contributed by atoms with E-state index >= 15 is 0 Å². The number of ketones is 1. The Balaban J connectivity index is 1.83. The van der Waals surface area contributed by atoms with Crippen LogP contribution in [0.15, 0.2) is 48.0 Å². The summed E-state index contributed by atoms with van der Waals surface area (Å²) in [5.74, 6) is 2.02. The third-order valence-corrected chi connectivity index (χ3v) is 4.09. The Labute approximate surface area is 148 Å². The van der Waals surface area contributed by atoms with E-state index in [2.05, 4.69) is 6.92 Å². The summed E-state index contributed by atoms with van der Waals surface area (Å²) in [6.07, 6.45) is 3.92. The summed E-state index contributed by atoms with van der Waals surface area (Å²) in [6.45, 7) is 3.06. The number of ether oxygens (including phenoxy) is 3. The number of Topliss-reactive ketones (excluding diaryl/α,β-unsaturated/α-hetero) is 1. The lowest BCUT2D eigenvalue weighted by Crippen LogP contribution is -2.18. The first-order valence-electron chi connectivity index (χ1n) is 8.51. The summed E-state index contributed by atoms with van der Waals surface area (Å²) >= 11 is 0. The van der Waals surface area contributed by atoms with Gasteiger partial charge in [-0.3, -0.25) is 4.79 Å². The summed E-state index contributed by atoms with van der Waals surface area (Å²) in [4.78, 5) is 12.6. The van der Waals surface area contributed by atoms with Crippen molar-refractivity contribution in [3.8, 4) is 17.2 Å². The van der Waals surface area contributed by atoms with Crippen LogP contribution in [-0.4, -0.2) is 26.1 Å². The Hall–Kier alpha value is -2.75. The molecule has 4 nitrogen and oxygen atoms in total. The van der Waals surface area contributed by atoms with Crippen LogP contribution in [0.2, 0.25) is 0 Å². The lowest BCUT2D eigenvalue weighted by molar-refractivity contribution is 0.100. The molecule has 0 aliphatic carbocycles. The van der Waals surface area contributed by atoms with Gasteiger partial charge in [-0.2, -0.15) is 0 Å². The Morgan fingerprint density at radius 2 is 2.00 bits per heavy atom. The van der Waals surface area contributed by atoms with Crippen LogP contribution in [0.5, 0.6) is 17.2 Å². The normalized spacial score (nSPS) is 14.8. The summed E-state index contributed by atoms with van der Waals surface area (Å²) in [6, 6.07) is 13.0. The van der Waals surface area contributed by atoms with Gasteiger partial charge in [-0.05, 0) is 42.3 Å². The quantitative estimate of drug-likeness (QED) is 0.573. The molecule has 2 aromatic carbocycles. The standard InChI is InChI=1S/C21H22O4/c1-3-4-11-24-19-10-9-15(13-20(19)23-2)12-16-14-25-18-8-6-5-7-17(18)21(16)22/h5-10,12-13H,3-4,11,14H2,1-2H3/b16-12+. The summed E-state index contributed by atoms with van der Waals surface area (Å²) in [7, 11) is 1.62. The highest BCUT2D eigenvalue weighted by atomic mass is 16.5. The second-order valence-electron chi connectivity index (χ2n) is 5.90. The van der Waals surface area contributed by atoms with Crippen LogP contribution in [0.1, 0.15) is 35.7 Å². The molecule has 0 radical (unpaired) electrons. The van der Waals surface area contributed by atoms with Crippen molar-refractivity contribution in [2.75, 3.05) is 20.3 Å². The Bertz CT molecular complexity index is 792. The zero-order valence-electron chi connectivity index (χ0n) is 14.6. The maximum atomic E-state index is 12.6. The minimum atomic E-state index is 0.00379. The van der Waals surface area contributed by atoms with E-state index in [1.807, 2.05) is 42.5 Å². The lowest BCUT2D eigenvalue weighted by atomic mass is 9.98. The van der Waals surface area contributed by atoms with Gasteiger partial charge in [-0.1, -0.05) is 31.5 Å². The van der Waals surface area contributed by atoms with Crippen LogP contribution in [0.25, 0.3) is 6.08 Å². The van der Waals surface area contributed by atoms with E-state index in [0.717, 1.165) is 24.2 Å². The highest BCUT2D eigenvalue weighted by molar-refractivity contribution is 6.14. The van der Waals surface area contributed by atoms with Crippen LogP contribution >= 0.6 is 0 Å². The molecule has 1 heterocycles. The van der Waals surface area contributed by atoms with Crippen molar-refractivity contribution in [2.45, 2.75) is 19.8 Å². The van der Waals surface area contributed by atoms with Crippen molar-refractivity contribution < 1.29 is 19.0 Å². The fraction of sp³-hybridized carbons (Fsp3) is 0.286. The highest BCUT2D eigenvalue weighted by Crippen LogP contribution is 2.31. The lowest BCUT2D eigenvalue weighted by Gasteiger charge is -2.18. The third kappa shape index (κ3) is 3.85. The molecule has 0 fully saturated rings. The van der Waals surface area contributed by atoms with Crippen LogP contribution in [0.4, 0.5) is 0 Å². The van der Waals surface area contributed by atoms with Crippen LogP contribution in [0.3, 0.4) is 0 Å². The Morgan fingerprint density at radius 1 is 1.16 bits per heavy atom. The van der Waals surface area contributed by atoms with E-state index in [0.29, 0.717) is 29.2 Å². The number of rotatable bonds is 6. The van der Waals surface area contributed by atoms with Gasteiger partial charge in [-0.15, -0.1) is 0 Å². The summed E-state index contributed by atoms with van der Waals surface area (Å²) in [5, 5.41) is 0. The van der Waals surface area contributed by atoms with Gasteiger partial charge in [0.05, 0.1) is 19.3 Å². The maximum Gasteiger partial charge on any atom is 0.196 e. The number of unbranched alkanes of at least 4 members (excludes halogenated alkanes) is 1. The second-order valence-corrected chi connectivity index (χ2v) is 5.90. The third-order valence-electron chi connectivity index (χ3n) is 4.09. The number of carbonyl (C=O) groups excluding carboxylic acids is 1. The first-order chi connectivity index (χ1) is 12.2. The van der Waals surface area contributed by atoms with Crippen molar-refractivity contribution in [3.63, 3.8) is 0 Å². The molecule has 0 N–H and O–H groups in total. The molecule has 0 saturated carbocycles. The van der Waals surface area contributed by atoms with E-state index in [1.54, 1.807) is 13.2 Å². The molecule has 0 bridgehead atoms. The molecular formula is C21H22O4. The molecule has 0 unspecified atom stereocenters. The van der Waals surface area contributed by atoms with E-state index in [-0.39, 0.29) is 12.4 Å². The Kier molecular flexibility index (Phi) is 5.39.